The van der Waals surface area contributed by atoms with E-state index in [4.69, 9.17) is 5.84 Å². The van der Waals surface area contributed by atoms with Crippen LogP contribution in [0.15, 0.2) is 45.7 Å². The zero-order chi connectivity index (χ0) is 19.0. The van der Waals surface area contributed by atoms with E-state index in [1.807, 2.05) is 47.5 Å². The van der Waals surface area contributed by atoms with E-state index in [2.05, 4.69) is 4.98 Å². The van der Waals surface area contributed by atoms with Crippen LogP contribution in [0.4, 0.5) is 0 Å². The summed E-state index contributed by atoms with van der Waals surface area (Å²) >= 11 is 2.66. The van der Waals surface area contributed by atoms with Crippen molar-refractivity contribution in [1.29, 1.82) is 0 Å². The van der Waals surface area contributed by atoms with Gasteiger partial charge in [0.15, 0.2) is 5.16 Å². The number of fused-ring (bicyclic) bond motifs is 1. The number of hydrogen-bond acceptors (Lipinski definition) is 6. The average Bonchev–Trinajstić information content (AvgIpc) is 3.36. The lowest BCUT2D eigenvalue weighted by atomic mass is 10.1. The van der Waals surface area contributed by atoms with E-state index in [1.165, 1.54) is 23.1 Å². The number of amides is 1. The van der Waals surface area contributed by atoms with Crippen LogP contribution in [0.2, 0.25) is 0 Å². The van der Waals surface area contributed by atoms with E-state index in [9.17, 15) is 9.59 Å². The number of rotatable bonds is 4. The number of thiophene rings is 1. The Labute approximate surface area is 165 Å². The Morgan fingerprint density at radius 1 is 1.26 bits per heavy atom. The first-order valence-electron chi connectivity index (χ1n) is 8.86. The van der Waals surface area contributed by atoms with Gasteiger partial charge in [-0.15, -0.1) is 11.3 Å². The lowest BCUT2D eigenvalue weighted by Gasteiger charge is -2.20. The number of likely N-dealkylation sites (tertiary alicyclic amines) is 1. The Morgan fingerprint density at radius 3 is 2.67 bits per heavy atom. The molecule has 1 aromatic carbocycles. The molecule has 0 bridgehead atoms. The molecule has 1 aliphatic rings. The maximum absolute atomic E-state index is 12.9. The maximum atomic E-state index is 12.9. The molecule has 0 unspecified atom stereocenters. The minimum Gasteiger partial charge on any atom is -0.342 e. The van der Waals surface area contributed by atoms with Crippen LogP contribution in [0.5, 0.6) is 0 Å². The van der Waals surface area contributed by atoms with Gasteiger partial charge in [-0.25, -0.2) is 9.66 Å². The highest BCUT2D eigenvalue weighted by Crippen LogP contribution is 2.32. The summed E-state index contributed by atoms with van der Waals surface area (Å²) in [5, 5.41) is 2.49. The molecule has 2 aromatic heterocycles. The molecule has 1 aliphatic heterocycles. The number of thioether (sulfide) groups is 1. The first kappa shape index (κ1) is 18.1. The molecule has 0 saturated carbocycles. The van der Waals surface area contributed by atoms with E-state index >= 15 is 0 Å². The molecule has 3 heterocycles. The van der Waals surface area contributed by atoms with Crippen molar-refractivity contribution in [1.82, 2.24) is 14.6 Å². The summed E-state index contributed by atoms with van der Waals surface area (Å²) in [7, 11) is 0. The molecule has 6 nitrogen and oxygen atoms in total. The van der Waals surface area contributed by atoms with Crippen LogP contribution >= 0.6 is 23.1 Å². The summed E-state index contributed by atoms with van der Waals surface area (Å²) in [6.07, 6.45) is 2.10. The lowest BCUT2D eigenvalue weighted by Crippen LogP contribution is -2.35. The van der Waals surface area contributed by atoms with Gasteiger partial charge in [0.1, 0.15) is 4.83 Å². The number of hydrogen-bond donors (Lipinski definition) is 1. The molecule has 1 saturated heterocycles. The SMILES string of the molecule is C[C@H](Sc1nc2scc(-c3ccccc3)c2c(=O)n1N)C(=O)N1CCCC1. The molecule has 0 spiro atoms. The molecule has 0 radical (unpaired) electrons. The number of nitrogens with two attached hydrogens (primary N) is 1. The standard InChI is InChI=1S/C19H20N4O2S2/c1-12(17(24)22-9-5-6-10-22)27-19-21-16-15(18(25)23(19)20)14(11-26-16)13-7-3-2-4-8-13/h2-4,7-8,11-12H,5-6,9-10,20H2,1H3/t12-/m0/s1. The van der Waals surface area contributed by atoms with Crippen LogP contribution in [0.1, 0.15) is 19.8 Å². The quantitative estimate of drug-likeness (QED) is 0.414. The number of nitrogens with zero attached hydrogens (tertiary/aromatic N) is 3. The zero-order valence-corrected chi connectivity index (χ0v) is 16.6. The molecule has 4 rings (SSSR count). The number of aromatic nitrogens is 2. The molecule has 140 valence electrons. The summed E-state index contributed by atoms with van der Waals surface area (Å²) in [6.45, 7) is 3.44. The number of benzene rings is 1. The van der Waals surface area contributed by atoms with Gasteiger partial charge in [0.05, 0.1) is 10.6 Å². The van der Waals surface area contributed by atoms with Crippen LogP contribution in [-0.4, -0.2) is 38.8 Å². The van der Waals surface area contributed by atoms with Crippen molar-refractivity contribution in [3.05, 3.63) is 46.1 Å². The van der Waals surface area contributed by atoms with Gasteiger partial charge in [0.2, 0.25) is 5.91 Å². The normalized spacial score (nSPS) is 15.4. The number of nitrogen functional groups attached to an aromatic ring is 1. The minimum absolute atomic E-state index is 0.0722. The van der Waals surface area contributed by atoms with Gasteiger partial charge in [-0.3, -0.25) is 9.59 Å². The highest BCUT2D eigenvalue weighted by Gasteiger charge is 2.26. The summed E-state index contributed by atoms with van der Waals surface area (Å²) in [5.74, 6) is 6.13. The van der Waals surface area contributed by atoms with Crippen molar-refractivity contribution in [2.45, 2.75) is 30.2 Å². The molecular weight excluding hydrogens is 380 g/mol. The van der Waals surface area contributed by atoms with E-state index in [0.717, 1.165) is 41.7 Å². The highest BCUT2D eigenvalue weighted by molar-refractivity contribution is 8.00. The van der Waals surface area contributed by atoms with Gasteiger partial charge in [-0.05, 0) is 25.3 Å². The zero-order valence-electron chi connectivity index (χ0n) is 14.9. The third-order valence-corrected chi connectivity index (χ3v) is 6.67. The van der Waals surface area contributed by atoms with Gasteiger partial charge in [-0.1, -0.05) is 42.1 Å². The van der Waals surface area contributed by atoms with Crippen LogP contribution < -0.4 is 11.4 Å². The molecule has 8 heteroatoms. The fourth-order valence-electron chi connectivity index (χ4n) is 3.30. The molecule has 1 amide bonds. The van der Waals surface area contributed by atoms with Crippen LogP contribution in [0.25, 0.3) is 21.3 Å². The largest absolute Gasteiger partial charge is 0.342 e. The fraction of sp³-hybridized carbons (Fsp3) is 0.316. The van der Waals surface area contributed by atoms with E-state index in [-0.39, 0.29) is 16.7 Å². The van der Waals surface area contributed by atoms with Crippen LogP contribution in [0.3, 0.4) is 0 Å². The first-order chi connectivity index (χ1) is 13.1. The van der Waals surface area contributed by atoms with Gasteiger partial charge < -0.3 is 10.7 Å². The monoisotopic (exact) mass is 400 g/mol. The summed E-state index contributed by atoms with van der Waals surface area (Å²) < 4.78 is 1.07. The third-order valence-electron chi connectivity index (χ3n) is 4.74. The van der Waals surface area contributed by atoms with Crippen molar-refractivity contribution < 1.29 is 4.79 Å². The Balaban J connectivity index is 1.68. The topological polar surface area (TPSA) is 81.2 Å². The second kappa shape index (κ2) is 7.36. The minimum atomic E-state index is -0.337. The van der Waals surface area contributed by atoms with E-state index in [0.29, 0.717) is 15.4 Å². The third kappa shape index (κ3) is 3.35. The van der Waals surface area contributed by atoms with Gasteiger partial charge >= 0.3 is 0 Å². The molecular formula is C19H20N4O2S2. The van der Waals surface area contributed by atoms with E-state index in [1.54, 1.807) is 0 Å². The van der Waals surface area contributed by atoms with Gasteiger partial charge in [-0.2, -0.15) is 0 Å². The predicted octanol–water partition coefficient (Wildman–Crippen LogP) is 2.94. The number of carbonyl (C=O) groups excluding carboxylic acids is 1. The molecule has 0 aliphatic carbocycles. The predicted molar refractivity (Wildman–Crippen MR) is 111 cm³/mol. The van der Waals surface area contributed by atoms with Crippen molar-refractivity contribution in [3.8, 4) is 11.1 Å². The van der Waals surface area contributed by atoms with E-state index < -0.39 is 0 Å². The highest BCUT2D eigenvalue weighted by atomic mass is 32.2. The average molecular weight is 401 g/mol. The van der Waals surface area contributed by atoms with Crippen LogP contribution in [-0.2, 0) is 4.79 Å². The molecule has 1 fully saturated rings. The lowest BCUT2D eigenvalue weighted by molar-refractivity contribution is -0.129. The summed E-state index contributed by atoms with van der Waals surface area (Å²) in [6, 6.07) is 9.72. The van der Waals surface area contributed by atoms with Crippen molar-refractivity contribution in [2.24, 2.45) is 0 Å². The molecule has 27 heavy (non-hydrogen) atoms. The smallest absolute Gasteiger partial charge is 0.282 e. The Hall–Kier alpha value is -2.32. The Morgan fingerprint density at radius 2 is 1.96 bits per heavy atom. The Bertz CT molecular complexity index is 1040. The Kier molecular flexibility index (Phi) is 4.92. The second-order valence-corrected chi connectivity index (χ2v) is 8.72. The molecule has 1 atom stereocenters. The number of carbonyl (C=O) groups is 1. The van der Waals surface area contributed by atoms with Crippen LogP contribution in [0, 0.1) is 0 Å². The molecule has 2 N–H and O–H groups in total. The van der Waals surface area contributed by atoms with Crippen molar-refractivity contribution in [2.75, 3.05) is 18.9 Å². The van der Waals surface area contributed by atoms with Crippen molar-refractivity contribution >= 4 is 39.2 Å². The van der Waals surface area contributed by atoms with Crippen molar-refractivity contribution in [3.63, 3.8) is 0 Å². The fourth-order valence-corrected chi connectivity index (χ4v) is 5.20. The second-order valence-electron chi connectivity index (χ2n) is 6.56. The van der Waals surface area contributed by atoms with Gasteiger partial charge in [0.25, 0.3) is 5.56 Å². The molecule has 3 aromatic rings. The summed E-state index contributed by atoms with van der Waals surface area (Å²) in [4.78, 5) is 32.5. The summed E-state index contributed by atoms with van der Waals surface area (Å²) in [5.41, 5.74) is 1.51. The first-order valence-corrected chi connectivity index (χ1v) is 10.6. The maximum Gasteiger partial charge on any atom is 0.282 e. The van der Waals surface area contributed by atoms with Gasteiger partial charge in [0, 0.05) is 24.0 Å².